The highest BCUT2D eigenvalue weighted by Crippen LogP contribution is 2.26. The fourth-order valence-corrected chi connectivity index (χ4v) is 3.56. The third-order valence-corrected chi connectivity index (χ3v) is 5.07. The van der Waals surface area contributed by atoms with Gasteiger partial charge in [0.2, 0.25) is 0 Å². The van der Waals surface area contributed by atoms with Crippen molar-refractivity contribution in [3.8, 4) is 5.75 Å². The van der Waals surface area contributed by atoms with Gasteiger partial charge >= 0.3 is 0 Å². The first kappa shape index (κ1) is 20.0. The highest BCUT2D eigenvalue weighted by Gasteiger charge is 2.20. The minimum Gasteiger partial charge on any atom is -0.497 e. The van der Waals surface area contributed by atoms with E-state index in [2.05, 4.69) is 15.9 Å². The molecule has 0 aromatic heterocycles. The SMILES string of the molecule is COc1cccc(COCC(O)CN2CCN(c3ccccc3Cl)CC2)c1. The predicted molar refractivity (Wildman–Crippen MR) is 109 cm³/mol. The zero-order chi connectivity index (χ0) is 19.1. The van der Waals surface area contributed by atoms with Gasteiger partial charge in [0.05, 0.1) is 37.1 Å². The summed E-state index contributed by atoms with van der Waals surface area (Å²) in [6.45, 7) is 5.02. The van der Waals surface area contributed by atoms with Crippen LogP contribution in [-0.2, 0) is 11.3 Å². The topological polar surface area (TPSA) is 45.2 Å². The van der Waals surface area contributed by atoms with Crippen molar-refractivity contribution in [3.05, 3.63) is 59.1 Å². The van der Waals surface area contributed by atoms with Crippen molar-refractivity contribution in [3.63, 3.8) is 0 Å². The monoisotopic (exact) mass is 390 g/mol. The van der Waals surface area contributed by atoms with Gasteiger partial charge in [-0.2, -0.15) is 0 Å². The Morgan fingerprint density at radius 2 is 1.85 bits per heavy atom. The maximum Gasteiger partial charge on any atom is 0.119 e. The highest BCUT2D eigenvalue weighted by atomic mass is 35.5. The second-order valence-corrected chi connectivity index (χ2v) is 7.17. The Kier molecular flexibility index (Phi) is 7.35. The van der Waals surface area contributed by atoms with Crippen LogP contribution < -0.4 is 9.64 Å². The first-order valence-electron chi connectivity index (χ1n) is 9.26. The molecule has 6 heteroatoms. The summed E-state index contributed by atoms with van der Waals surface area (Å²) in [6, 6.07) is 15.7. The van der Waals surface area contributed by atoms with Crippen molar-refractivity contribution >= 4 is 17.3 Å². The van der Waals surface area contributed by atoms with E-state index in [-0.39, 0.29) is 0 Å². The summed E-state index contributed by atoms with van der Waals surface area (Å²) >= 11 is 6.29. The molecule has 1 atom stereocenters. The number of para-hydroxylation sites is 1. The Labute approximate surface area is 166 Å². The Hall–Kier alpha value is -1.79. The number of ether oxygens (including phenoxy) is 2. The van der Waals surface area contributed by atoms with Gasteiger partial charge in [-0.15, -0.1) is 0 Å². The van der Waals surface area contributed by atoms with Crippen LogP contribution in [-0.4, -0.2) is 62.6 Å². The summed E-state index contributed by atoms with van der Waals surface area (Å²) in [4.78, 5) is 4.57. The first-order valence-corrected chi connectivity index (χ1v) is 9.64. The van der Waals surface area contributed by atoms with Gasteiger partial charge in [-0.1, -0.05) is 35.9 Å². The van der Waals surface area contributed by atoms with Crippen LogP contribution in [0, 0.1) is 0 Å². The average Bonchev–Trinajstić information content (AvgIpc) is 2.69. The zero-order valence-electron chi connectivity index (χ0n) is 15.7. The molecule has 2 aromatic rings. The minimum atomic E-state index is -0.498. The van der Waals surface area contributed by atoms with Gasteiger partial charge in [-0.3, -0.25) is 4.90 Å². The van der Waals surface area contributed by atoms with Crippen LogP contribution in [0.15, 0.2) is 48.5 Å². The molecule has 1 aliphatic rings. The molecule has 5 nitrogen and oxygen atoms in total. The second-order valence-electron chi connectivity index (χ2n) is 6.76. The fraction of sp³-hybridized carbons (Fsp3) is 0.429. The number of nitrogens with zero attached hydrogens (tertiary/aromatic N) is 2. The lowest BCUT2D eigenvalue weighted by molar-refractivity contribution is 0.00910. The van der Waals surface area contributed by atoms with Crippen LogP contribution in [0.1, 0.15) is 5.56 Å². The fourth-order valence-electron chi connectivity index (χ4n) is 3.31. The maximum absolute atomic E-state index is 10.3. The van der Waals surface area contributed by atoms with Crippen molar-refractivity contribution in [2.24, 2.45) is 0 Å². The van der Waals surface area contributed by atoms with E-state index in [9.17, 15) is 5.11 Å². The van der Waals surface area contributed by atoms with Gasteiger partial charge in [-0.25, -0.2) is 0 Å². The van der Waals surface area contributed by atoms with E-state index in [1.807, 2.05) is 42.5 Å². The Bertz CT molecular complexity index is 720. The van der Waals surface area contributed by atoms with Gasteiger partial charge in [0.1, 0.15) is 5.75 Å². The zero-order valence-corrected chi connectivity index (χ0v) is 16.4. The van der Waals surface area contributed by atoms with Crippen LogP contribution in [0.5, 0.6) is 5.75 Å². The van der Waals surface area contributed by atoms with Crippen LogP contribution in [0.25, 0.3) is 0 Å². The van der Waals surface area contributed by atoms with E-state index in [1.165, 1.54) is 0 Å². The molecule has 1 unspecified atom stereocenters. The van der Waals surface area contributed by atoms with Gasteiger partial charge in [0.15, 0.2) is 0 Å². The van der Waals surface area contributed by atoms with Crippen LogP contribution in [0.2, 0.25) is 5.02 Å². The lowest BCUT2D eigenvalue weighted by Crippen LogP contribution is -2.49. The molecule has 0 bridgehead atoms. The number of methoxy groups -OCH3 is 1. The standard InChI is InChI=1S/C21H27ClN2O3/c1-26-19-6-4-5-17(13-19)15-27-16-18(25)14-23-9-11-24(12-10-23)21-8-3-2-7-20(21)22/h2-8,13,18,25H,9-12,14-16H2,1H3. The molecule has 27 heavy (non-hydrogen) atoms. The summed E-state index contributed by atoms with van der Waals surface area (Å²) in [5.74, 6) is 0.813. The number of piperazine rings is 1. The molecule has 0 amide bonds. The number of benzene rings is 2. The van der Waals surface area contributed by atoms with Gasteiger partial charge in [-0.05, 0) is 29.8 Å². The Balaban J connectivity index is 1.38. The second kappa shape index (κ2) is 9.95. The number of β-amino-alcohol motifs (C(OH)–C–C–N with tert-alkyl or cyclic N) is 1. The van der Waals surface area contributed by atoms with Crippen molar-refractivity contribution in [1.29, 1.82) is 0 Å². The minimum absolute atomic E-state index is 0.321. The van der Waals surface area contributed by atoms with E-state index in [0.717, 1.165) is 48.2 Å². The lowest BCUT2D eigenvalue weighted by atomic mass is 10.2. The smallest absolute Gasteiger partial charge is 0.119 e. The van der Waals surface area contributed by atoms with Crippen molar-refractivity contribution in [2.45, 2.75) is 12.7 Å². The number of rotatable bonds is 8. The largest absolute Gasteiger partial charge is 0.497 e. The summed E-state index contributed by atoms with van der Waals surface area (Å²) in [5, 5.41) is 11.1. The van der Waals surface area contributed by atoms with Crippen LogP contribution in [0.4, 0.5) is 5.69 Å². The number of hydrogen-bond acceptors (Lipinski definition) is 5. The molecule has 0 aliphatic carbocycles. The van der Waals surface area contributed by atoms with E-state index in [0.29, 0.717) is 19.8 Å². The molecule has 0 saturated carbocycles. The molecule has 1 saturated heterocycles. The molecule has 0 radical (unpaired) electrons. The third kappa shape index (κ3) is 5.84. The van der Waals surface area contributed by atoms with Gasteiger partial charge < -0.3 is 19.5 Å². The summed E-state index contributed by atoms with van der Waals surface area (Å²) in [7, 11) is 1.65. The maximum atomic E-state index is 10.3. The van der Waals surface area contributed by atoms with E-state index < -0.39 is 6.10 Å². The third-order valence-electron chi connectivity index (χ3n) is 4.75. The Morgan fingerprint density at radius 3 is 2.59 bits per heavy atom. The molecule has 1 aliphatic heterocycles. The number of halogens is 1. The van der Waals surface area contributed by atoms with E-state index >= 15 is 0 Å². The average molecular weight is 391 g/mol. The summed E-state index contributed by atoms with van der Waals surface area (Å²) in [6.07, 6.45) is -0.498. The predicted octanol–water partition coefficient (Wildman–Crippen LogP) is 3.05. The molecular formula is C21H27ClN2O3. The normalized spacial score (nSPS) is 16.3. The van der Waals surface area contributed by atoms with Gasteiger partial charge in [0, 0.05) is 32.7 Å². The van der Waals surface area contributed by atoms with Crippen molar-refractivity contribution in [2.75, 3.05) is 51.3 Å². The van der Waals surface area contributed by atoms with Crippen LogP contribution >= 0.6 is 11.6 Å². The molecule has 0 spiro atoms. The molecule has 1 heterocycles. The number of aliphatic hydroxyl groups excluding tert-OH is 1. The number of anilines is 1. The number of aliphatic hydroxyl groups is 1. The molecule has 1 N–H and O–H groups in total. The summed E-state index contributed by atoms with van der Waals surface area (Å²) in [5.41, 5.74) is 2.12. The van der Waals surface area contributed by atoms with Crippen molar-refractivity contribution < 1.29 is 14.6 Å². The number of hydrogen-bond donors (Lipinski definition) is 1. The van der Waals surface area contributed by atoms with E-state index in [4.69, 9.17) is 21.1 Å². The quantitative estimate of drug-likeness (QED) is 0.750. The molecule has 146 valence electrons. The lowest BCUT2D eigenvalue weighted by Gasteiger charge is -2.37. The molecular weight excluding hydrogens is 364 g/mol. The van der Waals surface area contributed by atoms with Crippen molar-refractivity contribution in [1.82, 2.24) is 4.90 Å². The Morgan fingerprint density at radius 1 is 1.07 bits per heavy atom. The first-order chi connectivity index (χ1) is 13.2. The highest BCUT2D eigenvalue weighted by molar-refractivity contribution is 6.33. The molecule has 1 fully saturated rings. The van der Waals surface area contributed by atoms with Crippen LogP contribution in [0.3, 0.4) is 0 Å². The van der Waals surface area contributed by atoms with E-state index in [1.54, 1.807) is 7.11 Å². The summed E-state index contributed by atoms with van der Waals surface area (Å²) < 4.78 is 10.9. The molecule has 3 rings (SSSR count). The van der Waals surface area contributed by atoms with Gasteiger partial charge in [0.25, 0.3) is 0 Å². The molecule has 2 aromatic carbocycles.